The van der Waals surface area contributed by atoms with Gasteiger partial charge in [-0.2, -0.15) is 5.10 Å². The van der Waals surface area contributed by atoms with Crippen LogP contribution in [0.3, 0.4) is 0 Å². The largest absolute Gasteiger partial charge is 0.361 e. The number of aryl methyl sites for hydroxylation is 3. The van der Waals surface area contributed by atoms with Gasteiger partial charge in [-0.05, 0) is 26.7 Å². The van der Waals surface area contributed by atoms with Gasteiger partial charge in [0, 0.05) is 37.2 Å². The maximum atomic E-state index is 12.8. The summed E-state index contributed by atoms with van der Waals surface area (Å²) in [6, 6.07) is 0. The summed E-state index contributed by atoms with van der Waals surface area (Å²) in [5.74, 6) is 1.36. The highest BCUT2D eigenvalue weighted by Crippen LogP contribution is 2.33. The van der Waals surface area contributed by atoms with E-state index in [1.54, 1.807) is 4.68 Å². The number of aromatic nitrogens is 3. The van der Waals surface area contributed by atoms with Crippen molar-refractivity contribution < 1.29 is 9.32 Å². The molecule has 1 aliphatic rings. The van der Waals surface area contributed by atoms with Crippen LogP contribution in [-0.2, 0) is 7.05 Å². The zero-order chi connectivity index (χ0) is 18.0. The van der Waals surface area contributed by atoms with E-state index in [1.165, 1.54) is 19.3 Å². The van der Waals surface area contributed by atoms with Gasteiger partial charge in [-0.1, -0.05) is 31.3 Å². The second kappa shape index (κ2) is 7.42. The summed E-state index contributed by atoms with van der Waals surface area (Å²) < 4.78 is 6.99. The third-order valence-corrected chi connectivity index (χ3v) is 5.24. The maximum Gasteiger partial charge on any atom is 0.254 e. The first-order valence-corrected chi connectivity index (χ1v) is 9.22. The molecule has 0 aromatic carbocycles. The van der Waals surface area contributed by atoms with Crippen molar-refractivity contribution in [1.82, 2.24) is 20.3 Å². The van der Waals surface area contributed by atoms with Crippen molar-refractivity contribution in [2.24, 2.45) is 7.05 Å². The molecule has 0 bridgehead atoms. The number of rotatable bonds is 5. The number of carbonyl (C=O) groups is 1. The average molecular weight is 344 g/mol. The van der Waals surface area contributed by atoms with Gasteiger partial charge in [0.2, 0.25) is 0 Å². The van der Waals surface area contributed by atoms with Crippen molar-refractivity contribution in [3.63, 3.8) is 0 Å². The molecule has 1 N–H and O–H groups in total. The molecule has 1 atom stereocenters. The van der Waals surface area contributed by atoms with Gasteiger partial charge >= 0.3 is 0 Å². The van der Waals surface area contributed by atoms with Crippen molar-refractivity contribution in [3.8, 4) is 0 Å². The first-order chi connectivity index (χ1) is 12.0. The number of nitrogens with zero attached hydrogens (tertiary/aromatic N) is 3. The summed E-state index contributed by atoms with van der Waals surface area (Å²) in [5.41, 5.74) is 3.66. The Balaban J connectivity index is 1.69. The minimum absolute atomic E-state index is 0.0349. The Labute approximate surface area is 149 Å². The molecule has 1 fully saturated rings. The normalized spacial score (nSPS) is 16.8. The Morgan fingerprint density at radius 1 is 1.36 bits per heavy atom. The summed E-state index contributed by atoms with van der Waals surface area (Å²) in [5, 5.41) is 11.7. The Hall–Kier alpha value is -2.11. The van der Waals surface area contributed by atoms with Crippen LogP contribution in [0.1, 0.15) is 83.9 Å². The molecule has 136 valence electrons. The maximum absolute atomic E-state index is 12.8. The van der Waals surface area contributed by atoms with Crippen LogP contribution >= 0.6 is 0 Å². The lowest BCUT2D eigenvalue weighted by Crippen LogP contribution is -2.28. The summed E-state index contributed by atoms with van der Waals surface area (Å²) in [6.07, 6.45) is 7.86. The van der Waals surface area contributed by atoms with E-state index in [0.717, 1.165) is 41.1 Å². The Bertz CT molecular complexity index is 721. The molecule has 6 heteroatoms. The molecular weight excluding hydrogens is 316 g/mol. The van der Waals surface area contributed by atoms with Crippen LogP contribution in [0.2, 0.25) is 0 Å². The highest BCUT2D eigenvalue weighted by Gasteiger charge is 2.25. The van der Waals surface area contributed by atoms with Gasteiger partial charge in [0.05, 0.1) is 17.0 Å². The lowest BCUT2D eigenvalue weighted by atomic mass is 9.85. The highest BCUT2D eigenvalue weighted by molar-refractivity contribution is 5.95. The molecule has 1 saturated carbocycles. The predicted octanol–water partition coefficient (Wildman–Crippen LogP) is 3.61. The molecule has 0 radical (unpaired) electrons. The van der Waals surface area contributed by atoms with E-state index in [1.807, 2.05) is 27.1 Å². The van der Waals surface area contributed by atoms with Gasteiger partial charge < -0.3 is 9.84 Å². The monoisotopic (exact) mass is 344 g/mol. The van der Waals surface area contributed by atoms with Crippen LogP contribution in [0.5, 0.6) is 0 Å². The molecule has 1 amide bonds. The fraction of sp³-hybridized carbons (Fsp3) is 0.632. The van der Waals surface area contributed by atoms with Crippen molar-refractivity contribution in [2.75, 3.05) is 6.54 Å². The molecule has 25 heavy (non-hydrogen) atoms. The first-order valence-electron chi connectivity index (χ1n) is 9.22. The van der Waals surface area contributed by atoms with Crippen LogP contribution in [-0.4, -0.2) is 27.4 Å². The second-order valence-electron chi connectivity index (χ2n) is 7.29. The first kappa shape index (κ1) is 17.7. The molecule has 0 aliphatic heterocycles. The fourth-order valence-electron chi connectivity index (χ4n) is 3.99. The van der Waals surface area contributed by atoms with Crippen molar-refractivity contribution in [1.29, 1.82) is 0 Å². The predicted molar refractivity (Wildman–Crippen MR) is 95.8 cm³/mol. The lowest BCUT2D eigenvalue weighted by Gasteiger charge is -2.21. The minimum atomic E-state index is -0.0349. The molecule has 6 nitrogen and oxygen atoms in total. The standard InChI is InChI=1S/C19H28N4O2/c1-12(17-13(2)22-25-14(17)3)10-20-19(24)16-11-23(4)21-18(16)15-8-6-5-7-9-15/h11-12,15H,5-10H2,1-4H3,(H,20,24). The molecule has 1 aliphatic carbocycles. The third-order valence-electron chi connectivity index (χ3n) is 5.24. The van der Waals surface area contributed by atoms with Crippen molar-refractivity contribution in [2.45, 2.75) is 64.7 Å². The SMILES string of the molecule is Cc1noc(C)c1C(C)CNC(=O)c1cn(C)nc1C1CCCCC1. The van der Waals surface area contributed by atoms with Gasteiger partial charge in [-0.3, -0.25) is 9.48 Å². The summed E-state index contributed by atoms with van der Waals surface area (Å²) >= 11 is 0. The van der Waals surface area contributed by atoms with Gasteiger partial charge in [-0.25, -0.2) is 0 Å². The fourth-order valence-corrected chi connectivity index (χ4v) is 3.99. The molecule has 2 aromatic rings. The van der Waals surface area contributed by atoms with Crippen LogP contribution in [0.25, 0.3) is 0 Å². The molecule has 2 heterocycles. The van der Waals surface area contributed by atoms with E-state index in [0.29, 0.717) is 12.5 Å². The zero-order valence-electron chi connectivity index (χ0n) is 15.6. The molecular formula is C19H28N4O2. The summed E-state index contributed by atoms with van der Waals surface area (Å²) in [7, 11) is 1.88. The van der Waals surface area contributed by atoms with Gasteiger partial charge in [0.25, 0.3) is 5.91 Å². The molecule has 0 saturated heterocycles. The van der Waals surface area contributed by atoms with E-state index in [9.17, 15) is 4.79 Å². The van der Waals surface area contributed by atoms with Crippen LogP contribution in [0, 0.1) is 13.8 Å². The van der Waals surface area contributed by atoms with Crippen LogP contribution < -0.4 is 5.32 Å². The van der Waals surface area contributed by atoms with E-state index in [4.69, 9.17) is 4.52 Å². The lowest BCUT2D eigenvalue weighted by molar-refractivity contribution is 0.0949. The number of amides is 1. The zero-order valence-corrected chi connectivity index (χ0v) is 15.6. The quantitative estimate of drug-likeness (QED) is 0.899. The molecule has 1 unspecified atom stereocenters. The summed E-state index contributed by atoms with van der Waals surface area (Å²) in [4.78, 5) is 12.8. The topological polar surface area (TPSA) is 73.0 Å². The second-order valence-corrected chi connectivity index (χ2v) is 7.29. The van der Waals surface area contributed by atoms with E-state index >= 15 is 0 Å². The Kier molecular flexibility index (Phi) is 5.25. The third kappa shape index (κ3) is 3.78. The van der Waals surface area contributed by atoms with Crippen molar-refractivity contribution >= 4 is 5.91 Å². The minimum Gasteiger partial charge on any atom is -0.361 e. The number of nitrogens with one attached hydrogen (secondary N) is 1. The van der Waals surface area contributed by atoms with E-state index in [-0.39, 0.29) is 11.8 Å². The highest BCUT2D eigenvalue weighted by atomic mass is 16.5. The number of hydrogen-bond donors (Lipinski definition) is 1. The molecule has 2 aromatic heterocycles. The molecule has 3 rings (SSSR count). The number of hydrogen-bond acceptors (Lipinski definition) is 4. The Morgan fingerprint density at radius 3 is 2.72 bits per heavy atom. The van der Waals surface area contributed by atoms with E-state index in [2.05, 4.69) is 22.5 Å². The smallest absolute Gasteiger partial charge is 0.254 e. The van der Waals surface area contributed by atoms with Crippen LogP contribution in [0.4, 0.5) is 0 Å². The van der Waals surface area contributed by atoms with E-state index < -0.39 is 0 Å². The summed E-state index contributed by atoms with van der Waals surface area (Å²) in [6.45, 7) is 6.49. The van der Waals surface area contributed by atoms with Gasteiger partial charge in [0.15, 0.2) is 0 Å². The molecule has 0 spiro atoms. The van der Waals surface area contributed by atoms with Crippen LogP contribution in [0.15, 0.2) is 10.7 Å². The average Bonchev–Trinajstić information content (AvgIpc) is 3.16. The number of carbonyl (C=O) groups excluding carboxylic acids is 1. The van der Waals surface area contributed by atoms with Gasteiger partial charge in [0.1, 0.15) is 5.76 Å². The Morgan fingerprint density at radius 2 is 2.08 bits per heavy atom. The van der Waals surface area contributed by atoms with Crippen molar-refractivity contribution in [3.05, 3.63) is 34.5 Å². The van der Waals surface area contributed by atoms with Gasteiger partial charge in [-0.15, -0.1) is 0 Å².